The van der Waals surface area contributed by atoms with Crippen LogP contribution in [0.3, 0.4) is 0 Å². The predicted molar refractivity (Wildman–Crippen MR) is 147 cm³/mol. The van der Waals surface area contributed by atoms with E-state index >= 15 is 0 Å². The maximum Gasteiger partial charge on any atom is 0.251 e. The minimum atomic E-state index is -0.807. The number of carbonyl (C=O) groups is 2. The van der Waals surface area contributed by atoms with Gasteiger partial charge in [-0.05, 0) is 66.6 Å². The predicted octanol–water partition coefficient (Wildman–Crippen LogP) is 6.00. The fourth-order valence-electron chi connectivity index (χ4n) is 3.82. The zero-order valence-corrected chi connectivity index (χ0v) is 21.3. The van der Waals surface area contributed by atoms with Crippen LogP contribution in [0.4, 0.5) is 0 Å². The van der Waals surface area contributed by atoms with Gasteiger partial charge in [0, 0.05) is 12.0 Å². The van der Waals surface area contributed by atoms with E-state index in [0.717, 1.165) is 16.9 Å². The molecule has 0 saturated carbocycles. The van der Waals surface area contributed by atoms with Crippen molar-refractivity contribution in [3.05, 3.63) is 126 Å². The molecular weight excluding hydrogens is 478 g/mol. The van der Waals surface area contributed by atoms with Crippen LogP contribution in [0.5, 0.6) is 17.2 Å². The molecule has 194 valence electrons. The molecule has 0 spiro atoms. The summed E-state index contributed by atoms with van der Waals surface area (Å²) in [6, 6.07) is 32.6. The molecule has 6 nitrogen and oxygen atoms in total. The standard InChI is InChI=1S/C32H31NO5/c1-2-37-27-19-15-26(16-20-27)32(35)33-30(23-36-22-25-9-5-3-6-10-25)31(34)21-24-13-17-29(18-14-24)38-28-11-7-4-8-12-28/h3-20,30H,2,21-23H2,1H3,(H,33,35). The van der Waals surface area contributed by atoms with E-state index in [1.54, 1.807) is 24.3 Å². The number of rotatable bonds is 13. The van der Waals surface area contributed by atoms with E-state index in [9.17, 15) is 9.59 Å². The number of nitrogens with one attached hydrogen (secondary N) is 1. The van der Waals surface area contributed by atoms with Gasteiger partial charge < -0.3 is 19.5 Å². The molecule has 1 unspecified atom stereocenters. The highest BCUT2D eigenvalue weighted by Crippen LogP contribution is 2.21. The first-order valence-corrected chi connectivity index (χ1v) is 12.6. The fourth-order valence-corrected chi connectivity index (χ4v) is 3.82. The van der Waals surface area contributed by atoms with Crippen LogP contribution < -0.4 is 14.8 Å². The van der Waals surface area contributed by atoms with Gasteiger partial charge in [0.1, 0.15) is 23.3 Å². The summed E-state index contributed by atoms with van der Waals surface area (Å²) in [4.78, 5) is 26.2. The molecule has 38 heavy (non-hydrogen) atoms. The first-order valence-electron chi connectivity index (χ1n) is 12.6. The Bertz CT molecular complexity index is 1290. The average molecular weight is 510 g/mol. The summed E-state index contributed by atoms with van der Waals surface area (Å²) in [5, 5.41) is 2.86. The van der Waals surface area contributed by atoms with E-state index in [-0.39, 0.29) is 24.7 Å². The van der Waals surface area contributed by atoms with Gasteiger partial charge in [0.15, 0.2) is 5.78 Å². The third-order valence-electron chi connectivity index (χ3n) is 5.80. The van der Waals surface area contributed by atoms with Crippen LogP contribution in [-0.2, 0) is 22.6 Å². The number of Topliss-reactive ketones (excluding diaryl/α,β-unsaturated/α-hetero) is 1. The van der Waals surface area contributed by atoms with Gasteiger partial charge in [-0.1, -0.05) is 60.7 Å². The minimum absolute atomic E-state index is 0.0612. The lowest BCUT2D eigenvalue weighted by molar-refractivity contribution is -0.121. The van der Waals surface area contributed by atoms with Crippen molar-refractivity contribution in [2.75, 3.05) is 13.2 Å². The lowest BCUT2D eigenvalue weighted by Gasteiger charge is -2.18. The Morgan fingerprint density at radius 3 is 1.97 bits per heavy atom. The zero-order valence-electron chi connectivity index (χ0n) is 21.3. The summed E-state index contributed by atoms with van der Waals surface area (Å²) in [7, 11) is 0. The topological polar surface area (TPSA) is 73.9 Å². The van der Waals surface area contributed by atoms with Crippen molar-refractivity contribution in [2.24, 2.45) is 0 Å². The summed E-state index contributed by atoms with van der Waals surface area (Å²) >= 11 is 0. The fraction of sp³-hybridized carbons (Fsp3) is 0.188. The SMILES string of the molecule is CCOc1ccc(C(=O)NC(COCc2ccccc2)C(=O)Cc2ccc(Oc3ccccc3)cc2)cc1. The number of hydrogen-bond donors (Lipinski definition) is 1. The van der Waals surface area contributed by atoms with Crippen molar-refractivity contribution in [1.82, 2.24) is 5.32 Å². The molecule has 4 rings (SSSR count). The molecule has 0 heterocycles. The van der Waals surface area contributed by atoms with Crippen LogP contribution in [0.2, 0.25) is 0 Å². The molecule has 1 atom stereocenters. The number of ether oxygens (including phenoxy) is 3. The number of benzene rings is 4. The minimum Gasteiger partial charge on any atom is -0.494 e. The van der Waals surface area contributed by atoms with Gasteiger partial charge in [-0.2, -0.15) is 0 Å². The van der Waals surface area contributed by atoms with Crippen molar-refractivity contribution < 1.29 is 23.8 Å². The molecule has 0 fully saturated rings. The number of para-hydroxylation sites is 1. The van der Waals surface area contributed by atoms with Crippen molar-refractivity contribution in [1.29, 1.82) is 0 Å². The van der Waals surface area contributed by atoms with Crippen molar-refractivity contribution >= 4 is 11.7 Å². The first kappa shape index (κ1) is 26.6. The number of carbonyl (C=O) groups excluding carboxylic acids is 2. The molecule has 0 saturated heterocycles. The van der Waals surface area contributed by atoms with E-state index in [1.807, 2.05) is 91.9 Å². The lowest BCUT2D eigenvalue weighted by Crippen LogP contribution is -2.44. The monoisotopic (exact) mass is 509 g/mol. The number of hydrogen-bond acceptors (Lipinski definition) is 5. The van der Waals surface area contributed by atoms with Crippen LogP contribution in [0.25, 0.3) is 0 Å². The Kier molecular flexibility index (Phi) is 9.65. The summed E-state index contributed by atoms with van der Waals surface area (Å²) < 4.78 is 17.1. The van der Waals surface area contributed by atoms with E-state index < -0.39 is 6.04 Å². The maximum atomic E-state index is 13.3. The third kappa shape index (κ3) is 8.05. The highest BCUT2D eigenvalue weighted by molar-refractivity contribution is 5.98. The van der Waals surface area contributed by atoms with Gasteiger partial charge in [-0.15, -0.1) is 0 Å². The molecule has 0 aliphatic rings. The highest BCUT2D eigenvalue weighted by Gasteiger charge is 2.22. The van der Waals surface area contributed by atoms with E-state index in [0.29, 0.717) is 30.3 Å². The second-order valence-electron chi connectivity index (χ2n) is 8.69. The van der Waals surface area contributed by atoms with Gasteiger partial charge in [-0.3, -0.25) is 9.59 Å². The second-order valence-corrected chi connectivity index (χ2v) is 8.69. The number of amides is 1. The Morgan fingerprint density at radius 2 is 1.32 bits per heavy atom. The van der Waals surface area contributed by atoms with Crippen LogP contribution >= 0.6 is 0 Å². The van der Waals surface area contributed by atoms with E-state index in [4.69, 9.17) is 14.2 Å². The summed E-state index contributed by atoms with van der Waals surface area (Å²) in [5.41, 5.74) is 2.25. The maximum absolute atomic E-state index is 13.3. The third-order valence-corrected chi connectivity index (χ3v) is 5.80. The summed E-state index contributed by atoms with van der Waals surface area (Å²) in [6.45, 7) is 2.84. The second kappa shape index (κ2) is 13.8. The van der Waals surface area contributed by atoms with Crippen molar-refractivity contribution in [3.63, 3.8) is 0 Å². The molecular formula is C32H31NO5. The molecule has 0 aliphatic heterocycles. The largest absolute Gasteiger partial charge is 0.494 e. The Balaban J connectivity index is 1.40. The molecule has 1 N–H and O–H groups in total. The molecule has 0 bridgehead atoms. The quantitative estimate of drug-likeness (QED) is 0.239. The highest BCUT2D eigenvalue weighted by atomic mass is 16.5. The molecule has 6 heteroatoms. The van der Waals surface area contributed by atoms with Gasteiger partial charge in [0.25, 0.3) is 5.91 Å². The Hall–Kier alpha value is -4.42. The molecule has 1 amide bonds. The van der Waals surface area contributed by atoms with Crippen molar-refractivity contribution in [3.8, 4) is 17.2 Å². The normalized spacial score (nSPS) is 11.4. The van der Waals surface area contributed by atoms with E-state index in [2.05, 4.69) is 5.32 Å². The smallest absolute Gasteiger partial charge is 0.251 e. The van der Waals surface area contributed by atoms with Crippen LogP contribution in [0, 0.1) is 0 Å². The zero-order chi connectivity index (χ0) is 26.6. The van der Waals surface area contributed by atoms with Gasteiger partial charge >= 0.3 is 0 Å². The Morgan fingerprint density at radius 1 is 0.711 bits per heavy atom. The van der Waals surface area contributed by atoms with Gasteiger partial charge in [0.05, 0.1) is 19.8 Å². The Labute approximate surface area is 223 Å². The first-order chi connectivity index (χ1) is 18.6. The molecule has 0 radical (unpaired) electrons. The van der Waals surface area contributed by atoms with Crippen LogP contribution in [-0.4, -0.2) is 30.9 Å². The molecule has 0 aromatic heterocycles. The molecule has 4 aromatic rings. The summed E-state index contributed by atoms with van der Waals surface area (Å²) in [5.74, 6) is 1.61. The van der Waals surface area contributed by atoms with Gasteiger partial charge in [-0.25, -0.2) is 0 Å². The van der Waals surface area contributed by atoms with Gasteiger partial charge in [0.2, 0.25) is 0 Å². The van der Waals surface area contributed by atoms with E-state index in [1.165, 1.54) is 0 Å². The van der Waals surface area contributed by atoms with Crippen molar-refractivity contribution in [2.45, 2.75) is 26.0 Å². The van der Waals surface area contributed by atoms with Crippen LogP contribution in [0.1, 0.15) is 28.4 Å². The van der Waals surface area contributed by atoms with Crippen LogP contribution in [0.15, 0.2) is 109 Å². The summed E-state index contributed by atoms with van der Waals surface area (Å²) in [6.07, 6.45) is 0.147. The molecule has 4 aromatic carbocycles. The molecule has 0 aliphatic carbocycles. The lowest BCUT2D eigenvalue weighted by atomic mass is 10.0. The average Bonchev–Trinajstić information content (AvgIpc) is 2.95. The number of ketones is 1.